The molecule has 0 saturated heterocycles. The van der Waals surface area contributed by atoms with Gasteiger partial charge in [0.25, 0.3) is 0 Å². The number of hydrogen-bond donors (Lipinski definition) is 1. The van der Waals surface area contributed by atoms with Gasteiger partial charge in [0, 0.05) is 0 Å². The fourth-order valence-electron chi connectivity index (χ4n) is 2.98. The molecule has 0 spiro atoms. The fraction of sp³-hybridized carbons (Fsp3) is 0.923. The minimum atomic E-state index is -0.556. The van der Waals surface area contributed by atoms with Gasteiger partial charge >= 0.3 is 5.97 Å². The highest BCUT2D eigenvalue weighted by atomic mass is 16.4. The zero-order chi connectivity index (χ0) is 11.3. The van der Waals surface area contributed by atoms with Crippen molar-refractivity contribution in [1.29, 1.82) is 0 Å². The summed E-state index contributed by atoms with van der Waals surface area (Å²) in [6.45, 7) is 4.30. The Bertz CT molecular complexity index is 203. The quantitative estimate of drug-likeness (QED) is 0.751. The van der Waals surface area contributed by atoms with Crippen LogP contribution in [-0.4, -0.2) is 11.1 Å². The number of carboxylic acids is 1. The molecular weight excluding hydrogens is 188 g/mol. The van der Waals surface area contributed by atoms with E-state index in [4.69, 9.17) is 0 Å². The maximum atomic E-state index is 11.3. The summed E-state index contributed by atoms with van der Waals surface area (Å²) in [4.78, 5) is 11.3. The number of carboxylic acid groups (broad SMARTS) is 1. The first-order chi connectivity index (χ1) is 7.14. The number of aliphatic carboxylic acids is 1. The Balaban J connectivity index is 2.53. The molecule has 0 aromatic heterocycles. The van der Waals surface area contributed by atoms with Crippen molar-refractivity contribution in [3.05, 3.63) is 0 Å². The van der Waals surface area contributed by atoms with Crippen LogP contribution >= 0.6 is 0 Å². The van der Waals surface area contributed by atoms with Gasteiger partial charge in [0.15, 0.2) is 0 Å². The van der Waals surface area contributed by atoms with Crippen LogP contribution in [0.2, 0.25) is 0 Å². The van der Waals surface area contributed by atoms with E-state index in [-0.39, 0.29) is 5.41 Å². The monoisotopic (exact) mass is 212 g/mol. The lowest BCUT2D eigenvalue weighted by molar-refractivity contribution is -0.152. The summed E-state index contributed by atoms with van der Waals surface area (Å²) >= 11 is 0. The predicted octanol–water partition coefficient (Wildman–Crippen LogP) is 3.85. The van der Waals surface area contributed by atoms with Crippen molar-refractivity contribution < 1.29 is 9.90 Å². The van der Waals surface area contributed by atoms with Crippen LogP contribution in [0.1, 0.15) is 65.2 Å². The third-order valence-electron chi connectivity index (χ3n) is 3.94. The molecule has 0 atom stereocenters. The molecule has 0 aliphatic heterocycles. The van der Waals surface area contributed by atoms with Crippen molar-refractivity contribution >= 4 is 5.97 Å². The van der Waals surface area contributed by atoms with Crippen LogP contribution in [-0.2, 0) is 4.79 Å². The summed E-state index contributed by atoms with van der Waals surface area (Å²) < 4.78 is 0. The Morgan fingerprint density at radius 1 is 1.27 bits per heavy atom. The van der Waals surface area contributed by atoms with Crippen LogP contribution in [0.15, 0.2) is 0 Å². The molecule has 0 heterocycles. The van der Waals surface area contributed by atoms with Gasteiger partial charge in [-0.05, 0) is 38.0 Å². The molecule has 1 rings (SSSR count). The van der Waals surface area contributed by atoms with Gasteiger partial charge in [-0.1, -0.05) is 33.1 Å². The van der Waals surface area contributed by atoms with Crippen LogP contribution in [0, 0.1) is 11.3 Å². The van der Waals surface area contributed by atoms with Crippen molar-refractivity contribution in [1.82, 2.24) is 0 Å². The number of hydrogen-bond acceptors (Lipinski definition) is 1. The summed E-state index contributed by atoms with van der Waals surface area (Å²) in [5.41, 5.74) is -0.376. The highest BCUT2D eigenvalue weighted by Crippen LogP contribution is 2.43. The van der Waals surface area contributed by atoms with Crippen LogP contribution < -0.4 is 0 Å². The van der Waals surface area contributed by atoms with Gasteiger partial charge in [-0.15, -0.1) is 0 Å². The van der Waals surface area contributed by atoms with Crippen molar-refractivity contribution in [2.24, 2.45) is 11.3 Å². The van der Waals surface area contributed by atoms with Crippen molar-refractivity contribution in [3.63, 3.8) is 0 Å². The molecule has 2 heteroatoms. The predicted molar refractivity (Wildman–Crippen MR) is 61.8 cm³/mol. The van der Waals surface area contributed by atoms with E-state index in [2.05, 4.69) is 13.8 Å². The van der Waals surface area contributed by atoms with Crippen LogP contribution in [0.4, 0.5) is 0 Å². The molecule has 0 aromatic rings. The molecule has 1 fully saturated rings. The summed E-state index contributed by atoms with van der Waals surface area (Å²) in [6.07, 6.45) is 8.42. The Labute approximate surface area is 93.1 Å². The summed E-state index contributed by atoms with van der Waals surface area (Å²) in [6, 6.07) is 0. The molecule has 1 aliphatic carbocycles. The second kappa shape index (κ2) is 5.53. The summed E-state index contributed by atoms with van der Waals surface area (Å²) in [5, 5.41) is 9.34. The molecule has 1 N–H and O–H groups in total. The van der Waals surface area contributed by atoms with Gasteiger partial charge in [-0.25, -0.2) is 0 Å². The lowest BCUT2D eigenvalue weighted by Gasteiger charge is -2.36. The lowest BCUT2D eigenvalue weighted by atomic mass is 9.67. The molecule has 0 aromatic carbocycles. The molecule has 15 heavy (non-hydrogen) atoms. The van der Waals surface area contributed by atoms with Crippen molar-refractivity contribution in [3.8, 4) is 0 Å². The Kier molecular flexibility index (Phi) is 4.62. The Morgan fingerprint density at radius 2 is 1.87 bits per heavy atom. The highest BCUT2D eigenvalue weighted by Gasteiger charge is 2.40. The average molecular weight is 212 g/mol. The Hall–Kier alpha value is -0.530. The first-order valence-electron chi connectivity index (χ1n) is 6.38. The minimum Gasteiger partial charge on any atom is -0.481 e. The Morgan fingerprint density at radius 3 is 2.27 bits per heavy atom. The van der Waals surface area contributed by atoms with Crippen molar-refractivity contribution in [2.45, 2.75) is 65.2 Å². The second-order valence-electron chi connectivity index (χ2n) is 5.07. The average Bonchev–Trinajstić information content (AvgIpc) is 2.21. The fourth-order valence-corrected chi connectivity index (χ4v) is 2.98. The molecule has 1 aliphatic rings. The number of carbonyl (C=O) groups is 1. The van der Waals surface area contributed by atoms with E-state index in [1.165, 1.54) is 12.8 Å². The SMILES string of the molecule is CCCC1CCC(CCC)(C(=O)O)CC1. The first-order valence-corrected chi connectivity index (χ1v) is 6.38. The topological polar surface area (TPSA) is 37.3 Å². The molecule has 0 radical (unpaired) electrons. The van der Waals surface area contributed by atoms with Crippen molar-refractivity contribution in [2.75, 3.05) is 0 Å². The normalized spacial score (nSPS) is 31.5. The molecule has 0 bridgehead atoms. The summed E-state index contributed by atoms with van der Waals surface area (Å²) in [7, 11) is 0. The highest BCUT2D eigenvalue weighted by molar-refractivity contribution is 5.74. The largest absolute Gasteiger partial charge is 0.481 e. The molecule has 88 valence electrons. The standard InChI is InChI=1S/C13H24O2/c1-3-5-11-6-9-13(8-4-2,10-7-11)12(14)15/h11H,3-10H2,1-2H3,(H,14,15). The van der Waals surface area contributed by atoms with Gasteiger partial charge < -0.3 is 5.11 Å². The van der Waals surface area contributed by atoms with E-state index < -0.39 is 5.97 Å². The van der Waals surface area contributed by atoms with Gasteiger partial charge in [0.2, 0.25) is 0 Å². The van der Waals surface area contributed by atoms with E-state index in [0.717, 1.165) is 44.4 Å². The summed E-state index contributed by atoms with van der Waals surface area (Å²) in [5.74, 6) is 0.235. The van der Waals surface area contributed by atoms with Gasteiger partial charge in [0.05, 0.1) is 5.41 Å². The van der Waals surface area contributed by atoms with E-state index in [1.807, 2.05) is 0 Å². The van der Waals surface area contributed by atoms with Crippen LogP contribution in [0.25, 0.3) is 0 Å². The lowest BCUT2D eigenvalue weighted by Crippen LogP contribution is -2.35. The van der Waals surface area contributed by atoms with Crippen LogP contribution in [0.3, 0.4) is 0 Å². The van der Waals surface area contributed by atoms with E-state index >= 15 is 0 Å². The number of rotatable bonds is 5. The van der Waals surface area contributed by atoms with Gasteiger partial charge in [-0.3, -0.25) is 4.79 Å². The molecule has 0 amide bonds. The third kappa shape index (κ3) is 2.96. The zero-order valence-corrected chi connectivity index (χ0v) is 10.1. The minimum absolute atomic E-state index is 0.376. The molecule has 1 saturated carbocycles. The molecular formula is C13H24O2. The third-order valence-corrected chi connectivity index (χ3v) is 3.94. The zero-order valence-electron chi connectivity index (χ0n) is 10.1. The van der Waals surface area contributed by atoms with Gasteiger partial charge in [0.1, 0.15) is 0 Å². The first kappa shape index (κ1) is 12.5. The molecule has 2 nitrogen and oxygen atoms in total. The van der Waals surface area contributed by atoms with Crippen LogP contribution in [0.5, 0.6) is 0 Å². The smallest absolute Gasteiger partial charge is 0.309 e. The van der Waals surface area contributed by atoms with Gasteiger partial charge in [-0.2, -0.15) is 0 Å². The van der Waals surface area contributed by atoms with E-state index in [0.29, 0.717) is 0 Å². The van der Waals surface area contributed by atoms with E-state index in [1.54, 1.807) is 0 Å². The second-order valence-corrected chi connectivity index (χ2v) is 5.07. The molecule has 0 unspecified atom stereocenters. The van der Waals surface area contributed by atoms with E-state index in [9.17, 15) is 9.90 Å². The maximum Gasteiger partial charge on any atom is 0.309 e. The maximum absolute atomic E-state index is 11.3.